The largest absolute Gasteiger partial charge is 0.390 e. The van der Waals surface area contributed by atoms with Crippen LogP contribution in [0.4, 0.5) is 4.39 Å². The molecule has 1 nitrogen and oxygen atoms in total. The van der Waals surface area contributed by atoms with Crippen molar-refractivity contribution in [3.63, 3.8) is 0 Å². The number of rotatable bonds is 2. The Balaban J connectivity index is 2.19. The van der Waals surface area contributed by atoms with Crippen LogP contribution in [0.3, 0.4) is 0 Å². The Bertz CT molecular complexity index is 444. The third kappa shape index (κ3) is 3.24. The molecule has 18 heavy (non-hydrogen) atoms. The fraction of sp³-hybridized carbons (Fsp3) is 0.600. The Kier molecular flexibility index (Phi) is 3.70. The highest BCUT2D eigenvalue weighted by Crippen LogP contribution is 2.42. The molecule has 0 spiro atoms. The second kappa shape index (κ2) is 4.82. The smallest absolute Gasteiger partial charge is 0.126 e. The molecule has 1 saturated carbocycles. The first-order valence-electron chi connectivity index (χ1n) is 6.46. The monoisotopic (exact) mass is 270 g/mol. The van der Waals surface area contributed by atoms with Crippen molar-refractivity contribution in [3.05, 3.63) is 34.6 Å². The van der Waals surface area contributed by atoms with E-state index >= 15 is 0 Å². The minimum Gasteiger partial charge on any atom is -0.390 e. The maximum absolute atomic E-state index is 13.7. The Morgan fingerprint density at radius 3 is 2.72 bits per heavy atom. The molecule has 1 aliphatic rings. The van der Waals surface area contributed by atoms with Crippen LogP contribution >= 0.6 is 11.6 Å². The highest BCUT2D eigenvalue weighted by atomic mass is 35.5. The van der Waals surface area contributed by atoms with Gasteiger partial charge in [0.05, 0.1) is 5.60 Å². The molecule has 0 heterocycles. The number of benzene rings is 1. The van der Waals surface area contributed by atoms with Crippen LogP contribution in [-0.4, -0.2) is 10.7 Å². The van der Waals surface area contributed by atoms with Crippen LogP contribution in [0.1, 0.15) is 45.1 Å². The molecule has 0 saturated heterocycles. The first kappa shape index (κ1) is 13.8. The maximum Gasteiger partial charge on any atom is 0.126 e. The summed E-state index contributed by atoms with van der Waals surface area (Å²) < 4.78 is 13.7. The summed E-state index contributed by atoms with van der Waals surface area (Å²) in [5.74, 6) is -0.281. The first-order valence-corrected chi connectivity index (χ1v) is 6.84. The van der Waals surface area contributed by atoms with E-state index in [1.165, 1.54) is 12.1 Å². The summed E-state index contributed by atoms with van der Waals surface area (Å²) >= 11 is 5.89. The topological polar surface area (TPSA) is 20.2 Å². The molecule has 0 amide bonds. The van der Waals surface area contributed by atoms with E-state index in [0.717, 1.165) is 19.3 Å². The van der Waals surface area contributed by atoms with Crippen molar-refractivity contribution in [1.29, 1.82) is 0 Å². The van der Waals surface area contributed by atoms with E-state index in [1.54, 1.807) is 6.07 Å². The summed E-state index contributed by atoms with van der Waals surface area (Å²) in [5, 5.41) is 11.2. The summed E-state index contributed by atoms with van der Waals surface area (Å²) in [6, 6.07) is 4.53. The standard InChI is InChI=1S/C15H20ClFO/c1-14(2)6-3-7-15(18,10-14)9-11-8-12(16)4-5-13(11)17/h4-5,8,18H,3,6-7,9-10H2,1-2H3. The summed E-state index contributed by atoms with van der Waals surface area (Å²) in [5.41, 5.74) is -0.155. The van der Waals surface area contributed by atoms with E-state index in [-0.39, 0.29) is 11.2 Å². The molecule has 0 radical (unpaired) electrons. The van der Waals surface area contributed by atoms with Gasteiger partial charge in [-0.15, -0.1) is 0 Å². The Morgan fingerprint density at radius 1 is 1.33 bits per heavy atom. The molecular formula is C15H20ClFO. The predicted molar refractivity (Wildman–Crippen MR) is 72.3 cm³/mol. The van der Waals surface area contributed by atoms with E-state index in [4.69, 9.17) is 11.6 Å². The van der Waals surface area contributed by atoms with Gasteiger partial charge in [0.1, 0.15) is 5.82 Å². The van der Waals surface area contributed by atoms with Gasteiger partial charge in [0, 0.05) is 11.4 Å². The second-order valence-electron chi connectivity index (χ2n) is 6.33. The van der Waals surface area contributed by atoms with Crippen LogP contribution in [0, 0.1) is 11.2 Å². The third-order valence-electron chi connectivity index (χ3n) is 3.83. The lowest BCUT2D eigenvalue weighted by atomic mass is 9.68. The van der Waals surface area contributed by atoms with Gasteiger partial charge in [0.15, 0.2) is 0 Å². The molecule has 1 unspecified atom stereocenters. The lowest BCUT2D eigenvalue weighted by Crippen LogP contribution is -2.40. The SMILES string of the molecule is CC1(C)CCCC(O)(Cc2cc(Cl)ccc2F)C1. The highest BCUT2D eigenvalue weighted by molar-refractivity contribution is 6.30. The van der Waals surface area contributed by atoms with E-state index in [2.05, 4.69) is 13.8 Å². The number of halogens is 2. The average Bonchev–Trinajstić information content (AvgIpc) is 2.21. The van der Waals surface area contributed by atoms with Gasteiger partial charge in [-0.05, 0) is 48.4 Å². The fourth-order valence-corrected chi connectivity index (χ4v) is 3.34. The molecule has 2 rings (SSSR count). The van der Waals surface area contributed by atoms with Gasteiger partial charge >= 0.3 is 0 Å². The molecular weight excluding hydrogens is 251 g/mol. The molecule has 0 aromatic heterocycles. The number of aliphatic hydroxyl groups is 1. The lowest BCUT2D eigenvalue weighted by molar-refractivity contribution is -0.0387. The van der Waals surface area contributed by atoms with Gasteiger partial charge in [-0.3, -0.25) is 0 Å². The van der Waals surface area contributed by atoms with Crippen molar-refractivity contribution in [2.75, 3.05) is 0 Å². The molecule has 1 aromatic rings. The van der Waals surface area contributed by atoms with E-state index in [0.29, 0.717) is 23.4 Å². The van der Waals surface area contributed by atoms with E-state index < -0.39 is 5.60 Å². The normalized spacial score (nSPS) is 27.2. The van der Waals surface area contributed by atoms with Gasteiger partial charge < -0.3 is 5.11 Å². The molecule has 1 N–H and O–H groups in total. The third-order valence-corrected chi connectivity index (χ3v) is 4.07. The molecule has 100 valence electrons. The zero-order valence-electron chi connectivity index (χ0n) is 11.0. The molecule has 0 aliphatic heterocycles. The van der Waals surface area contributed by atoms with Crippen molar-refractivity contribution < 1.29 is 9.50 Å². The summed E-state index contributed by atoms with van der Waals surface area (Å²) in [7, 11) is 0. The minimum absolute atomic E-state index is 0.127. The number of hydrogen-bond donors (Lipinski definition) is 1. The predicted octanol–water partition coefficient (Wildman–Crippen LogP) is 4.35. The zero-order valence-corrected chi connectivity index (χ0v) is 11.7. The van der Waals surface area contributed by atoms with Crippen LogP contribution < -0.4 is 0 Å². The van der Waals surface area contributed by atoms with Crippen LogP contribution in [0.2, 0.25) is 5.02 Å². The van der Waals surface area contributed by atoms with Crippen LogP contribution in [-0.2, 0) is 6.42 Å². The van der Waals surface area contributed by atoms with Gasteiger partial charge in [0.25, 0.3) is 0 Å². The molecule has 0 bridgehead atoms. The molecule has 1 aromatic carbocycles. The van der Waals surface area contributed by atoms with Crippen LogP contribution in [0.15, 0.2) is 18.2 Å². The summed E-state index contributed by atoms with van der Waals surface area (Å²) in [4.78, 5) is 0. The molecule has 1 atom stereocenters. The van der Waals surface area contributed by atoms with Crippen molar-refractivity contribution in [2.24, 2.45) is 5.41 Å². The van der Waals surface area contributed by atoms with E-state index in [9.17, 15) is 9.50 Å². The molecule has 1 aliphatic carbocycles. The quantitative estimate of drug-likeness (QED) is 0.847. The Morgan fingerprint density at radius 2 is 2.06 bits per heavy atom. The van der Waals surface area contributed by atoms with Crippen LogP contribution in [0.25, 0.3) is 0 Å². The van der Waals surface area contributed by atoms with Gasteiger partial charge in [-0.1, -0.05) is 31.9 Å². The lowest BCUT2D eigenvalue weighted by Gasteiger charge is -2.41. The van der Waals surface area contributed by atoms with Crippen molar-refractivity contribution in [1.82, 2.24) is 0 Å². The minimum atomic E-state index is -0.798. The summed E-state index contributed by atoms with van der Waals surface area (Å²) in [6.45, 7) is 4.32. The Hall–Kier alpha value is -0.600. The number of hydrogen-bond acceptors (Lipinski definition) is 1. The first-order chi connectivity index (χ1) is 8.30. The zero-order chi connectivity index (χ0) is 13.4. The Labute approximate surface area is 113 Å². The van der Waals surface area contributed by atoms with E-state index in [1.807, 2.05) is 0 Å². The van der Waals surface area contributed by atoms with Crippen molar-refractivity contribution in [3.8, 4) is 0 Å². The van der Waals surface area contributed by atoms with Gasteiger partial charge in [0.2, 0.25) is 0 Å². The highest BCUT2D eigenvalue weighted by Gasteiger charge is 2.38. The second-order valence-corrected chi connectivity index (χ2v) is 6.77. The maximum atomic E-state index is 13.7. The summed E-state index contributed by atoms with van der Waals surface area (Å²) in [6.07, 6.45) is 3.91. The van der Waals surface area contributed by atoms with Gasteiger partial charge in [-0.2, -0.15) is 0 Å². The fourth-order valence-electron chi connectivity index (χ4n) is 3.15. The van der Waals surface area contributed by atoms with Crippen LogP contribution in [0.5, 0.6) is 0 Å². The van der Waals surface area contributed by atoms with Crippen molar-refractivity contribution >= 4 is 11.6 Å². The average molecular weight is 271 g/mol. The molecule has 1 fully saturated rings. The van der Waals surface area contributed by atoms with Crippen molar-refractivity contribution in [2.45, 2.75) is 51.6 Å². The molecule has 3 heteroatoms. The van der Waals surface area contributed by atoms with Gasteiger partial charge in [-0.25, -0.2) is 4.39 Å².